The summed E-state index contributed by atoms with van der Waals surface area (Å²) in [6, 6.07) is 0.246. The van der Waals surface area contributed by atoms with Crippen LogP contribution in [0.1, 0.15) is 64.2 Å². The van der Waals surface area contributed by atoms with E-state index in [1.807, 2.05) is 0 Å². The van der Waals surface area contributed by atoms with Crippen molar-refractivity contribution < 1.29 is 9.13 Å². The molecular formula is C15H28FNO. The molecule has 0 spiro atoms. The van der Waals surface area contributed by atoms with E-state index in [9.17, 15) is 4.39 Å². The lowest BCUT2D eigenvalue weighted by Gasteiger charge is -2.32. The lowest BCUT2D eigenvalue weighted by molar-refractivity contribution is 0.0604. The lowest BCUT2D eigenvalue weighted by atomic mass is 9.80. The molecule has 18 heavy (non-hydrogen) atoms. The molecule has 0 unspecified atom stereocenters. The summed E-state index contributed by atoms with van der Waals surface area (Å²) in [5.74, 6) is 0.828. The van der Waals surface area contributed by atoms with Crippen LogP contribution in [0.3, 0.4) is 0 Å². The van der Waals surface area contributed by atoms with Gasteiger partial charge in [-0.25, -0.2) is 4.39 Å². The summed E-state index contributed by atoms with van der Waals surface area (Å²) in [7, 11) is 0. The number of halogens is 1. The van der Waals surface area contributed by atoms with Crippen LogP contribution >= 0.6 is 0 Å². The maximum atomic E-state index is 14.4. The van der Waals surface area contributed by atoms with E-state index in [1.54, 1.807) is 0 Å². The van der Waals surface area contributed by atoms with Crippen LogP contribution < -0.4 is 5.73 Å². The van der Waals surface area contributed by atoms with E-state index in [-0.39, 0.29) is 6.04 Å². The van der Waals surface area contributed by atoms with Crippen molar-refractivity contribution in [2.45, 2.75) is 75.9 Å². The zero-order chi connectivity index (χ0) is 12.8. The van der Waals surface area contributed by atoms with Gasteiger partial charge in [-0.15, -0.1) is 0 Å². The van der Waals surface area contributed by atoms with Crippen LogP contribution in [0, 0.1) is 5.92 Å². The average molecular weight is 257 g/mol. The summed E-state index contributed by atoms with van der Waals surface area (Å²) >= 11 is 0. The average Bonchev–Trinajstić information content (AvgIpc) is 2.40. The zero-order valence-corrected chi connectivity index (χ0v) is 11.5. The Bertz CT molecular complexity index is 233. The van der Waals surface area contributed by atoms with Gasteiger partial charge in [0.1, 0.15) is 5.67 Å². The Hall–Kier alpha value is -0.150. The smallest absolute Gasteiger partial charge is 0.111 e. The van der Waals surface area contributed by atoms with Gasteiger partial charge in [0.05, 0.1) is 0 Å². The van der Waals surface area contributed by atoms with Crippen LogP contribution in [0.2, 0.25) is 0 Å². The third-order valence-electron chi connectivity index (χ3n) is 4.75. The van der Waals surface area contributed by atoms with Crippen molar-refractivity contribution in [3.05, 3.63) is 0 Å². The first-order chi connectivity index (χ1) is 8.68. The second-order valence-electron chi connectivity index (χ2n) is 6.29. The number of alkyl halides is 1. The van der Waals surface area contributed by atoms with Crippen LogP contribution in [0.4, 0.5) is 4.39 Å². The molecule has 0 aromatic carbocycles. The molecule has 0 amide bonds. The van der Waals surface area contributed by atoms with E-state index in [1.165, 1.54) is 25.7 Å². The SMILES string of the molecule is NC1CCC(F)(CCCCC2CCOCC2)CC1. The summed E-state index contributed by atoms with van der Waals surface area (Å²) in [6.07, 6.45) is 9.77. The van der Waals surface area contributed by atoms with Crippen LogP contribution in [0.15, 0.2) is 0 Å². The predicted molar refractivity (Wildman–Crippen MR) is 72.3 cm³/mol. The summed E-state index contributed by atoms with van der Waals surface area (Å²) in [4.78, 5) is 0. The van der Waals surface area contributed by atoms with E-state index in [2.05, 4.69) is 0 Å². The third kappa shape index (κ3) is 4.51. The highest BCUT2D eigenvalue weighted by molar-refractivity contribution is 4.87. The molecule has 3 heteroatoms. The summed E-state index contributed by atoms with van der Waals surface area (Å²) in [5.41, 5.74) is 4.93. The molecule has 1 saturated heterocycles. The molecule has 1 heterocycles. The first-order valence-electron chi connectivity index (χ1n) is 7.70. The fourth-order valence-electron chi connectivity index (χ4n) is 3.32. The molecule has 0 bridgehead atoms. The van der Waals surface area contributed by atoms with Crippen LogP contribution in [-0.2, 0) is 4.74 Å². The highest BCUT2D eigenvalue weighted by Gasteiger charge is 2.33. The third-order valence-corrected chi connectivity index (χ3v) is 4.75. The second kappa shape index (κ2) is 6.85. The van der Waals surface area contributed by atoms with Gasteiger partial charge in [-0.3, -0.25) is 0 Å². The van der Waals surface area contributed by atoms with Gasteiger partial charge in [-0.05, 0) is 50.9 Å². The van der Waals surface area contributed by atoms with Gasteiger partial charge >= 0.3 is 0 Å². The normalized spacial score (nSPS) is 34.7. The summed E-state index contributed by atoms with van der Waals surface area (Å²) < 4.78 is 19.8. The highest BCUT2D eigenvalue weighted by atomic mass is 19.1. The fourth-order valence-corrected chi connectivity index (χ4v) is 3.32. The second-order valence-corrected chi connectivity index (χ2v) is 6.29. The van der Waals surface area contributed by atoms with Crippen molar-refractivity contribution in [2.75, 3.05) is 13.2 Å². The fraction of sp³-hybridized carbons (Fsp3) is 1.00. The number of hydrogen-bond donors (Lipinski definition) is 1. The lowest BCUT2D eigenvalue weighted by Crippen LogP contribution is -2.35. The number of rotatable bonds is 5. The van der Waals surface area contributed by atoms with Crippen molar-refractivity contribution >= 4 is 0 Å². The Balaban J connectivity index is 1.57. The zero-order valence-electron chi connectivity index (χ0n) is 11.5. The Morgan fingerprint density at radius 2 is 1.72 bits per heavy atom. The molecule has 106 valence electrons. The van der Waals surface area contributed by atoms with Crippen molar-refractivity contribution in [3.63, 3.8) is 0 Å². The molecule has 2 N–H and O–H groups in total. The van der Waals surface area contributed by atoms with Gasteiger partial charge < -0.3 is 10.5 Å². The predicted octanol–water partition coefficient (Wildman–Crippen LogP) is 3.58. The molecule has 2 rings (SSSR count). The van der Waals surface area contributed by atoms with Crippen LogP contribution in [0.5, 0.6) is 0 Å². The van der Waals surface area contributed by atoms with E-state index >= 15 is 0 Å². The molecule has 1 saturated carbocycles. The minimum Gasteiger partial charge on any atom is -0.381 e. The maximum absolute atomic E-state index is 14.4. The number of ether oxygens (including phenoxy) is 1. The van der Waals surface area contributed by atoms with E-state index in [4.69, 9.17) is 10.5 Å². The monoisotopic (exact) mass is 257 g/mol. The Morgan fingerprint density at radius 1 is 1.06 bits per heavy atom. The van der Waals surface area contributed by atoms with Gasteiger partial charge in [0.15, 0.2) is 0 Å². The summed E-state index contributed by atoms with van der Waals surface area (Å²) in [5, 5.41) is 0. The maximum Gasteiger partial charge on any atom is 0.111 e. The van der Waals surface area contributed by atoms with Crippen molar-refractivity contribution in [1.29, 1.82) is 0 Å². The van der Waals surface area contributed by atoms with Gasteiger partial charge in [0, 0.05) is 19.3 Å². The molecule has 0 aromatic rings. The van der Waals surface area contributed by atoms with Gasteiger partial charge in [-0.1, -0.05) is 19.3 Å². The van der Waals surface area contributed by atoms with Gasteiger partial charge in [0.2, 0.25) is 0 Å². The van der Waals surface area contributed by atoms with Crippen LogP contribution in [-0.4, -0.2) is 24.9 Å². The van der Waals surface area contributed by atoms with Gasteiger partial charge in [0.25, 0.3) is 0 Å². The molecule has 0 aromatic heterocycles. The number of hydrogen-bond acceptors (Lipinski definition) is 2. The van der Waals surface area contributed by atoms with E-state index in [0.29, 0.717) is 12.8 Å². The minimum atomic E-state index is -0.897. The van der Waals surface area contributed by atoms with E-state index in [0.717, 1.165) is 44.8 Å². The molecule has 0 radical (unpaired) electrons. The molecular weight excluding hydrogens is 229 g/mol. The Kier molecular flexibility index (Phi) is 5.43. The molecule has 1 aliphatic carbocycles. The highest BCUT2D eigenvalue weighted by Crippen LogP contribution is 2.36. The molecule has 0 atom stereocenters. The standard InChI is InChI=1S/C15H28FNO/c16-15(9-4-14(17)5-10-15)8-2-1-3-13-6-11-18-12-7-13/h13-14H,1-12,17H2. The number of unbranched alkanes of at least 4 members (excludes halogenated alkanes) is 1. The molecule has 1 aliphatic heterocycles. The quantitative estimate of drug-likeness (QED) is 0.764. The first kappa shape index (κ1) is 14.3. The van der Waals surface area contributed by atoms with Gasteiger partial charge in [-0.2, -0.15) is 0 Å². The number of nitrogens with two attached hydrogens (primary N) is 1. The van der Waals surface area contributed by atoms with Crippen molar-refractivity contribution in [1.82, 2.24) is 0 Å². The topological polar surface area (TPSA) is 35.2 Å². The largest absolute Gasteiger partial charge is 0.381 e. The Labute approximate surface area is 110 Å². The summed E-state index contributed by atoms with van der Waals surface area (Å²) in [6.45, 7) is 1.85. The van der Waals surface area contributed by atoms with Crippen LogP contribution in [0.25, 0.3) is 0 Å². The Morgan fingerprint density at radius 3 is 2.39 bits per heavy atom. The van der Waals surface area contributed by atoms with Crippen molar-refractivity contribution in [3.8, 4) is 0 Å². The molecule has 2 fully saturated rings. The first-order valence-corrected chi connectivity index (χ1v) is 7.70. The molecule has 2 nitrogen and oxygen atoms in total. The molecule has 2 aliphatic rings. The van der Waals surface area contributed by atoms with E-state index < -0.39 is 5.67 Å². The minimum absolute atomic E-state index is 0.246. The van der Waals surface area contributed by atoms with Crippen molar-refractivity contribution in [2.24, 2.45) is 11.7 Å².